The minimum Gasteiger partial charge on any atom is -0.342 e. The summed E-state index contributed by atoms with van der Waals surface area (Å²) in [6.45, 7) is 1.90. The molecule has 2 saturated heterocycles. The molecule has 110 valence electrons. The van der Waals surface area contributed by atoms with Crippen LogP contribution in [0.3, 0.4) is 0 Å². The molecule has 4 unspecified atom stereocenters. The molecule has 1 amide bonds. The molecule has 0 aromatic heterocycles. The van der Waals surface area contributed by atoms with Crippen molar-refractivity contribution < 1.29 is 4.79 Å². The Kier molecular flexibility index (Phi) is 5.76. The molecule has 1 saturated carbocycles. The number of amides is 1. The van der Waals surface area contributed by atoms with Crippen LogP contribution < -0.4 is 5.73 Å². The van der Waals surface area contributed by atoms with Crippen LogP contribution in [0.4, 0.5) is 0 Å². The first-order valence-corrected chi connectivity index (χ1v) is 9.17. The van der Waals surface area contributed by atoms with Gasteiger partial charge in [-0.2, -0.15) is 23.5 Å². The number of hydrogen-bond acceptors (Lipinski definition) is 4. The van der Waals surface area contributed by atoms with E-state index in [0.29, 0.717) is 29.0 Å². The van der Waals surface area contributed by atoms with E-state index in [9.17, 15) is 4.79 Å². The average Bonchev–Trinajstić information content (AvgIpc) is 2.93. The lowest BCUT2D eigenvalue weighted by Crippen LogP contribution is -2.35. The van der Waals surface area contributed by atoms with Gasteiger partial charge in [0.05, 0.1) is 0 Å². The standard InChI is InChI=1S/C13H22N2OS2.ClH/c14-12-2-1-9-6-15(7-11(9)12)13(16)5-10-8-17-3-4-18-10;/h9-12H,1-8,14H2;1H. The molecule has 3 rings (SSSR count). The molecule has 6 heteroatoms. The number of hydrogen-bond donors (Lipinski definition) is 1. The Bertz CT molecular complexity index is 326. The lowest BCUT2D eigenvalue weighted by atomic mass is 9.98. The number of carbonyl (C=O) groups excluding carboxylic acids is 1. The molecule has 0 radical (unpaired) electrons. The predicted octanol–water partition coefficient (Wildman–Crippen LogP) is 1.84. The van der Waals surface area contributed by atoms with Crippen molar-refractivity contribution in [2.24, 2.45) is 17.6 Å². The zero-order chi connectivity index (χ0) is 12.5. The van der Waals surface area contributed by atoms with E-state index in [2.05, 4.69) is 4.90 Å². The number of carbonyl (C=O) groups is 1. The Labute approximate surface area is 130 Å². The highest BCUT2D eigenvalue weighted by Crippen LogP contribution is 2.37. The van der Waals surface area contributed by atoms with Gasteiger partial charge in [-0.05, 0) is 24.7 Å². The van der Waals surface area contributed by atoms with Crippen molar-refractivity contribution in [3.63, 3.8) is 0 Å². The van der Waals surface area contributed by atoms with Crippen molar-refractivity contribution >= 4 is 41.8 Å². The molecule has 2 aliphatic heterocycles. The van der Waals surface area contributed by atoms with E-state index in [1.807, 2.05) is 23.5 Å². The maximum absolute atomic E-state index is 12.3. The lowest BCUT2D eigenvalue weighted by Gasteiger charge is -2.24. The molecular formula is C13H23ClN2OS2. The molecule has 4 atom stereocenters. The van der Waals surface area contributed by atoms with Crippen molar-refractivity contribution in [3.8, 4) is 0 Å². The summed E-state index contributed by atoms with van der Waals surface area (Å²) in [4.78, 5) is 14.4. The highest BCUT2D eigenvalue weighted by molar-refractivity contribution is 8.06. The van der Waals surface area contributed by atoms with Crippen molar-refractivity contribution in [1.29, 1.82) is 0 Å². The minimum absolute atomic E-state index is 0. The van der Waals surface area contributed by atoms with E-state index >= 15 is 0 Å². The maximum Gasteiger partial charge on any atom is 0.223 e. The molecule has 2 heterocycles. The molecule has 0 aromatic rings. The van der Waals surface area contributed by atoms with E-state index in [0.717, 1.165) is 31.7 Å². The number of halogens is 1. The summed E-state index contributed by atoms with van der Waals surface area (Å²) in [5, 5.41) is 0.547. The Morgan fingerprint density at radius 2 is 2.11 bits per heavy atom. The maximum atomic E-state index is 12.3. The van der Waals surface area contributed by atoms with Gasteiger partial charge in [0.15, 0.2) is 0 Å². The zero-order valence-electron chi connectivity index (χ0n) is 11.1. The zero-order valence-corrected chi connectivity index (χ0v) is 13.6. The number of thioether (sulfide) groups is 2. The van der Waals surface area contributed by atoms with Gasteiger partial charge in [-0.3, -0.25) is 4.79 Å². The van der Waals surface area contributed by atoms with E-state index in [1.165, 1.54) is 17.9 Å². The molecule has 3 aliphatic rings. The topological polar surface area (TPSA) is 46.3 Å². The molecular weight excluding hydrogens is 300 g/mol. The van der Waals surface area contributed by atoms with E-state index in [1.54, 1.807) is 0 Å². The molecule has 0 aromatic carbocycles. The van der Waals surface area contributed by atoms with Crippen LogP contribution in [0.25, 0.3) is 0 Å². The summed E-state index contributed by atoms with van der Waals surface area (Å²) in [6, 6.07) is 0.340. The Balaban J connectivity index is 0.00000133. The second-order valence-corrected chi connectivity index (χ2v) is 8.29. The van der Waals surface area contributed by atoms with Crippen molar-refractivity contribution in [1.82, 2.24) is 4.90 Å². The van der Waals surface area contributed by atoms with Crippen LogP contribution >= 0.6 is 35.9 Å². The fourth-order valence-corrected chi connectivity index (χ4v) is 6.16. The van der Waals surface area contributed by atoms with Crippen LogP contribution in [-0.2, 0) is 4.79 Å². The van der Waals surface area contributed by atoms with Gasteiger partial charge in [0.25, 0.3) is 0 Å². The largest absolute Gasteiger partial charge is 0.342 e. The van der Waals surface area contributed by atoms with Gasteiger partial charge >= 0.3 is 0 Å². The van der Waals surface area contributed by atoms with Crippen LogP contribution in [0.15, 0.2) is 0 Å². The number of likely N-dealkylation sites (tertiary alicyclic amines) is 1. The van der Waals surface area contributed by atoms with Crippen molar-refractivity contribution in [2.75, 3.05) is 30.3 Å². The first-order valence-electron chi connectivity index (χ1n) is 6.96. The van der Waals surface area contributed by atoms with Gasteiger partial charge in [0, 0.05) is 48.1 Å². The Morgan fingerprint density at radius 1 is 1.26 bits per heavy atom. The molecule has 0 spiro atoms. The normalized spacial score (nSPS) is 37.8. The monoisotopic (exact) mass is 322 g/mol. The Morgan fingerprint density at radius 3 is 2.79 bits per heavy atom. The third-order valence-corrected chi connectivity index (χ3v) is 7.40. The van der Waals surface area contributed by atoms with Crippen LogP contribution in [0, 0.1) is 11.8 Å². The predicted molar refractivity (Wildman–Crippen MR) is 86.2 cm³/mol. The average molecular weight is 323 g/mol. The number of fused-ring (bicyclic) bond motifs is 1. The summed E-state index contributed by atoms with van der Waals surface area (Å²) in [5.41, 5.74) is 6.12. The fraction of sp³-hybridized carbons (Fsp3) is 0.923. The summed E-state index contributed by atoms with van der Waals surface area (Å²) >= 11 is 3.97. The van der Waals surface area contributed by atoms with Gasteiger partial charge in [-0.15, -0.1) is 12.4 Å². The smallest absolute Gasteiger partial charge is 0.223 e. The quantitative estimate of drug-likeness (QED) is 0.842. The highest BCUT2D eigenvalue weighted by Gasteiger charge is 2.42. The molecule has 2 N–H and O–H groups in total. The summed E-state index contributed by atoms with van der Waals surface area (Å²) in [7, 11) is 0. The molecule has 3 fully saturated rings. The fourth-order valence-electron chi connectivity index (χ4n) is 3.49. The summed E-state index contributed by atoms with van der Waals surface area (Å²) in [6.07, 6.45) is 3.13. The van der Waals surface area contributed by atoms with Crippen LogP contribution in [0.1, 0.15) is 19.3 Å². The van der Waals surface area contributed by atoms with Gasteiger partial charge in [0.2, 0.25) is 5.91 Å². The van der Waals surface area contributed by atoms with Crippen LogP contribution in [-0.4, -0.2) is 52.4 Å². The van der Waals surface area contributed by atoms with Gasteiger partial charge in [-0.25, -0.2) is 0 Å². The number of rotatable bonds is 2. The summed E-state index contributed by atoms with van der Waals surface area (Å²) in [5.74, 6) is 5.25. The van der Waals surface area contributed by atoms with Crippen molar-refractivity contribution in [2.45, 2.75) is 30.6 Å². The second-order valence-electron chi connectivity index (χ2n) is 5.74. The van der Waals surface area contributed by atoms with E-state index in [-0.39, 0.29) is 12.4 Å². The lowest BCUT2D eigenvalue weighted by molar-refractivity contribution is -0.130. The highest BCUT2D eigenvalue weighted by atomic mass is 35.5. The minimum atomic E-state index is 0. The third-order valence-electron chi connectivity index (χ3n) is 4.55. The Hall–Kier alpha value is 0.420. The van der Waals surface area contributed by atoms with E-state index in [4.69, 9.17) is 5.73 Å². The van der Waals surface area contributed by atoms with Crippen molar-refractivity contribution in [3.05, 3.63) is 0 Å². The summed E-state index contributed by atoms with van der Waals surface area (Å²) < 4.78 is 0. The van der Waals surface area contributed by atoms with Gasteiger partial charge in [-0.1, -0.05) is 0 Å². The third kappa shape index (κ3) is 3.55. The van der Waals surface area contributed by atoms with Crippen LogP contribution in [0.5, 0.6) is 0 Å². The molecule has 1 aliphatic carbocycles. The van der Waals surface area contributed by atoms with E-state index < -0.39 is 0 Å². The SMILES string of the molecule is Cl.NC1CCC2CN(C(=O)CC3CSCCS3)CC12. The van der Waals surface area contributed by atoms with Gasteiger partial charge in [0.1, 0.15) is 0 Å². The molecule has 3 nitrogen and oxygen atoms in total. The van der Waals surface area contributed by atoms with Crippen LogP contribution in [0.2, 0.25) is 0 Å². The van der Waals surface area contributed by atoms with Gasteiger partial charge < -0.3 is 10.6 Å². The first kappa shape index (κ1) is 15.8. The molecule has 19 heavy (non-hydrogen) atoms. The second kappa shape index (κ2) is 6.92. The number of nitrogens with two attached hydrogens (primary N) is 1. The number of nitrogens with zero attached hydrogens (tertiary/aromatic N) is 1. The first-order chi connectivity index (χ1) is 8.74. The molecule has 0 bridgehead atoms.